The molecule has 0 bridgehead atoms. The van der Waals surface area contributed by atoms with E-state index in [1.165, 1.54) is 17.0 Å². The van der Waals surface area contributed by atoms with Gasteiger partial charge in [-0.05, 0) is 36.1 Å². The molecular formula is C22H24F4N4O4. The summed E-state index contributed by atoms with van der Waals surface area (Å²) in [5, 5.41) is 7.30. The predicted octanol–water partition coefficient (Wildman–Crippen LogP) is 2.79. The van der Waals surface area contributed by atoms with E-state index in [1.54, 1.807) is 6.07 Å². The van der Waals surface area contributed by atoms with Crippen molar-refractivity contribution in [2.75, 3.05) is 26.2 Å². The maximum Gasteiger partial charge on any atom is 0.492 e. The molecule has 184 valence electrons. The van der Waals surface area contributed by atoms with Gasteiger partial charge in [-0.2, -0.15) is 18.3 Å². The third-order valence-corrected chi connectivity index (χ3v) is 5.34. The number of hydroxylamine groups is 2. The lowest BCUT2D eigenvalue weighted by Crippen LogP contribution is -2.38. The number of nitrogens with zero attached hydrogens (tertiary/aromatic N) is 3. The third-order valence-electron chi connectivity index (χ3n) is 5.34. The second kappa shape index (κ2) is 10.3. The fourth-order valence-electron chi connectivity index (χ4n) is 3.57. The Labute approximate surface area is 192 Å². The van der Waals surface area contributed by atoms with Crippen LogP contribution in [0.3, 0.4) is 0 Å². The van der Waals surface area contributed by atoms with Crippen molar-refractivity contribution >= 4 is 11.9 Å². The molecule has 0 radical (unpaired) electrons. The summed E-state index contributed by atoms with van der Waals surface area (Å²) < 4.78 is 51.8. The summed E-state index contributed by atoms with van der Waals surface area (Å²) in [6.07, 6.45) is -4.64. The van der Waals surface area contributed by atoms with E-state index in [-0.39, 0.29) is 56.1 Å². The number of benzene rings is 1. The van der Waals surface area contributed by atoms with Crippen LogP contribution in [-0.4, -0.2) is 64.4 Å². The van der Waals surface area contributed by atoms with E-state index >= 15 is 0 Å². The maximum absolute atomic E-state index is 14.5. The Balaban J connectivity index is 1.72. The van der Waals surface area contributed by atoms with Crippen LogP contribution in [0.1, 0.15) is 53.4 Å². The van der Waals surface area contributed by atoms with Crippen LogP contribution in [-0.2, 0) is 16.1 Å². The molecule has 1 saturated heterocycles. The van der Waals surface area contributed by atoms with Crippen LogP contribution in [0.5, 0.6) is 0 Å². The molecule has 8 nitrogen and oxygen atoms in total. The van der Waals surface area contributed by atoms with Crippen molar-refractivity contribution in [2.24, 2.45) is 0 Å². The van der Waals surface area contributed by atoms with E-state index in [2.05, 4.69) is 15.0 Å². The first-order valence-electron chi connectivity index (χ1n) is 10.7. The van der Waals surface area contributed by atoms with Gasteiger partial charge in [0, 0.05) is 31.6 Å². The maximum atomic E-state index is 14.5. The molecule has 0 spiro atoms. The number of carbonyl (C=O) groups is 2. The van der Waals surface area contributed by atoms with Gasteiger partial charge in [0.05, 0.1) is 17.8 Å². The van der Waals surface area contributed by atoms with Crippen LogP contribution >= 0.6 is 0 Å². The Morgan fingerprint density at radius 1 is 1.15 bits per heavy atom. The molecule has 1 aliphatic heterocycles. The number of H-pyrrole nitrogens is 1. The zero-order valence-corrected chi connectivity index (χ0v) is 18.6. The lowest BCUT2D eigenvalue weighted by Gasteiger charge is -2.22. The van der Waals surface area contributed by atoms with E-state index in [0.29, 0.717) is 16.8 Å². The molecule has 0 aliphatic carbocycles. The second-order valence-corrected chi connectivity index (χ2v) is 8.24. The Kier molecular flexibility index (Phi) is 7.70. The lowest BCUT2D eigenvalue weighted by molar-refractivity contribution is -0.237. The van der Waals surface area contributed by atoms with Crippen LogP contribution in [0.15, 0.2) is 29.1 Å². The largest absolute Gasteiger partial charge is 0.492 e. The minimum absolute atomic E-state index is 0.00415. The van der Waals surface area contributed by atoms with Gasteiger partial charge in [0.1, 0.15) is 5.82 Å². The average molecular weight is 484 g/mol. The summed E-state index contributed by atoms with van der Waals surface area (Å²) in [5.41, 5.74) is 1.22. The number of aromatic nitrogens is 2. The quantitative estimate of drug-likeness (QED) is 0.656. The highest BCUT2D eigenvalue weighted by Crippen LogP contribution is 2.20. The molecule has 1 fully saturated rings. The Morgan fingerprint density at radius 2 is 1.88 bits per heavy atom. The van der Waals surface area contributed by atoms with E-state index in [1.807, 2.05) is 13.8 Å². The van der Waals surface area contributed by atoms with E-state index in [0.717, 1.165) is 11.1 Å². The smallest absolute Gasteiger partial charge is 0.361 e. The van der Waals surface area contributed by atoms with Crippen molar-refractivity contribution in [3.8, 4) is 0 Å². The number of amides is 1. The molecule has 1 amide bonds. The molecule has 1 aromatic carbocycles. The SMILES string of the molecule is CC(C)c1cc(Cc2ccc(F)c(C(=O)N3CCCN(OC(=O)C(F)(F)F)CC3)c2)n[nH]c1=O. The van der Waals surface area contributed by atoms with Gasteiger partial charge in [0.15, 0.2) is 0 Å². The van der Waals surface area contributed by atoms with E-state index in [4.69, 9.17) is 0 Å². The van der Waals surface area contributed by atoms with Crippen molar-refractivity contribution in [3.05, 3.63) is 62.8 Å². The zero-order chi connectivity index (χ0) is 25.0. The number of halogens is 4. The fourth-order valence-corrected chi connectivity index (χ4v) is 3.57. The van der Waals surface area contributed by atoms with Crippen LogP contribution in [0.25, 0.3) is 0 Å². The first-order chi connectivity index (χ1) is 16.0. The number of aromatic amines is 1. The zero-order valence-electron chi connectivity index (χ0n) is 18.6. The molecule has 1 aromatic heterocycles. The summed E-state index contributed by atoms with van der Waals surface area (Å²) in [7, 11) is 0. The lowest BCUT2D eigenvalue weighted by atomic mass is 10.0. The van der Waals surface area contributed by atoms with Crippen LogP contribution in [0, 0.1) is 5.82 Å². The van der Waals surface area contributed by atoms with Crippen LogP contribution in [0.2, 0.25) is 0 Å². The Morgan fingerprint density at radius 3 is 2.56 bits per heavy atom. The highest BCUT2D eigenvalue weighted by Gasteiger charge is 2.42. The molecule has 0 saturated carbocycles. The summed E-state index contributed by atoms with van der Waals surface area (Å²) in [6, 6.07) is 5.73. The minimum Gasteiger partial charge on any atom is -0.361 e. The molecule has 2 aromatic rings. The topological polar surface area (TPSA) is 95.6 Å². The molecule has 0 atom stereocenters. The molecular weight excluding hydrogens is 460 g/mol. The number of alkyl halides is 3. The highest BCUT2D eigenvalue weighted by molar-refractivity contribution is 5.94. The van der Waals surface area contributed by atoms with Gasteiger partial charge in [-0.25, -0.2) is 14.3 Å². The van der Waals surface area contributed by atoms with E-state index in [9.17, 15) is 31.9 Å². The Bertz CT molecular complexity index is 1120. The van der Waals surface area contributed by atoms with Crippen molar-refractivity contribution in [2.45, 2.75) is 38.8 Å². The van der Waals surface area contributed by atoms with Crippen LogP contribution < -0.4 is 5.56 Å². The molecule has 12 heteroatoms. The number of hydrogen-bond acceptors (Lipinski definition) is 6. The standard InChI is InChI=1S/C22H24F4N4O4/c1-13(2)16-12-15(27-28-19(16)31)10-14-4-5-18(23)17(11-14)20(32)29-6-3-7-30(9-8-29)34-21(33)22(24,25)26/h4-5,11-13H,3,6-10H2,1-2H3,(H,28,31). The fraction of sp³-hybridized carbons (Fsp3) is 0.455. The monoisotopic (exact) mass is 484 g/mol. The van der Waals surface area contributed by atoms with Crippen molar-refractivity contribution < 1.29 is 32.0 Å². The molecule has 0 unspecified atom stereocenters. The normalized spacial score (nSPS) is 15.3. The molecule has 2 heterocycles. The number of nitrogens with one attached hydrogen (secondary N) is 1. The van der Waals surface area contributed by atoms with Gasteiger partial charge in [0.25, 0.3) is 11.5 Å². The molecule has 34 heavy (non-hydrogen) atoms. The van der Waals surface area contributed by atoms with Gasteiger partial charge in [-0.1, -0.05) is 19.9 Å². The molecule has 3 rings (SSSR count). The van der Waals surface area contributed by atoms with Crippen molar-refractivity contribution in [3.63, 3.8) is 0 Å². The summed E-state index contributed by atoms with van der Waals surface area (Å²) in [5.74, 6) is -3.72. The Hall–Kier alpha value is -3.28. The highest BCUT2D eigenvalue weighted by atomic mass is 19.4. The van der Waals surface area contributed by atoms with Gasteiger partial charge in [0.2, 0.25) is 0 Å². The average Bonchev–Trinajstić information content (AvgIpc) is 3.00. The number of hydrogen-bond donors (Lipinski definition) is 1. The van der Waals surface area contributed by atoms with Gasteiger partial charge >= 0.3 is 12.1 Å². The first-order valence-corrected chi connectivity index (χ1v) is 10.7. The summed E-state index contributed by atoms with van der Waals surface area (Å²) >= 11 is 0. The van der Waals surface area contributed by atoms with Crippen LogP contribution in [0.4, 0.5) is 17.6 Å². The number of carbonyl (C=O) groups excluding carboxylic acids is 2. The number of rotatable bonds is 5. The van der Waals surface area contributed by atoms with E-state index < -0.39 is 23.9 Å². The van der Waals surface area contributed by atoms with Crippen molar-refractivity contribution in [1.29, 1.82) is 0 Å². The predicted molar refractivity (Wildman–Crippen MR) is 112 cm³/mol. The van der Waals surface area contributed by atoms with Gasteiger partial charge in [-0.3, -0.25) is 9.59 Å². The molecule has 1 aliphatic rings. The van der Waals surface area contributed by atoms with Crippen molar-refractivity contribution in [1.82, 2.24) is 20.2 Å². The van der Waals surface area contributed by atoms with Gasteiger partial charge < -0.3 is 9.74 Å². The second-order valence-electron chi connectivity index (χ2n) is 8.24. The minimum atomic E-state index is -5.12. The van der Waals surface area contributed by atoms with Gasteiger partial charge in [-0.15, -0.1) is 5.06 Å². The molecule has 1 N–H and O–H groups in total. The summed E-state index contributed by atoms with van der Waals surface area (Å²) in [4.78, 5) is 41.5. The summed E-state index contributed by atoms with van der Waals surface area (Å²) in [6.45, 7) is 3.71. The third kappa shape index (κ3) is 6.19. The first kappa shape index (κ1) is 25.3.